The molecule has 20 heavy (non-hydrogen) atoms. The average molecular weight is 343 g/mol. The van der Waals surface area contributed by atoms with Crippen LogP contribution >= 0.6 is 15.9 Å². The van der Waals surface area contributed by atoms with Crippen molar-refractivity contribution in [2.45, 2.75) is 20.4 Å². The number of ether oxygens (including phenoxy) is 2. The molecule has 0 unspecified atom stereocenters. The van der Waals surface area contributed by atoms with Crippen LogP contribution in [0.2, 0.25) is 0 Å². The van der Waals surface area contributed by atoms with Crippen molar-refractivity contribution < 1.29 is 9.47 Å². The monoisotopic (exact) mass is 342 g/mol. The van der Waals surface area contributed by atoms with Gasteiger partial charge in [0.2, 0.25) is 6.79 Å². The fourth-order valence-corrected chi connectivity index (χ4v) is 3.18. The highest BCUT2D eigenvalue weighted by Gasteiger charge is 2.20. The molecular weight excluding hydrogens is 320 g/mol. The summed E-state index contributed by atoms with van der Waals surface area (Å²) in [6.45, 7) is 7.71. The average Bonchev–Trinajstić information content (AvgIpc) is 2.75. The van der Waals surface area contributed by atoms with Crippen molar-refractivity contribution in [1.82, 2.24) is 10.2 Å². The Morgan fingerprint density at radius 2 is 2.05 bits per heavy atom. The zero-order valence-corrected chi connectivity index (χ0v) is 14.2. The van der Waals surface area contributed by atoms with Crippen molar-refractivity contribution in [1.29, 1.82) is 0 Å². The maximum atomic E-state index is 5.43. The number of benzene rings is 1. The number of rotatable bonds is 6. The standard InChI is InChI=1S/C15H23BrN2O2/c1-15(2,9-18(3)4)8-17-7-11-5-12(16)14-13(6-11)19-10-20-14/h5-6,17H,7-10H2,1-4H3. The van der Waals surface area contributed by atoms with E-state index in [1.807, 2.05) is 6.07 Å². The quantitative estimate of drug-likeness (QED) is 0.861. The molecule has 0 spiro atoms. The van der Waals surface area contributed by atoms with E-state index in [0.29, 0.717) is 6.79 Å². The summed E-state index contributed by atoms with van der Waals surface area (Å²) in [5.74, 6) is 1.63. The molecule has 2 rings (SSSR count). The van der Waals surface area contributed by atoms with Crippen LogP contribution in [0, 0.1) is 5.41 Å². The van der Waals surface area contributed by atoms with Gasteiger partial charge in [0.25, 0.3) is 0 Å². The summed E-state index contributed by atoms with van der Waals surface area (Å²) < 4.78 is 11.8. The maximum Gasteiger partial charge on any atom is 0.231 e. The fraction of sp³-hybridized carbons (Fsp3) is 0.600. The van der Waals surface area contributed by atoms with Crippen LogP contribution in [0.1, 0.15) is 19.4 Å². The lowest BCUT2D eigenvalue weighted by molar-refractivity contribution is 0.173. The Labute approximate surface area is 129 Å². The van der Waals surface area contributed by atoms with E-state index < -0.39 is 0 Å². The van der Waals surface area contributed by atoms with Crippen molar-refractivity contribution in [2.24, 2.45) is 5.41 Å². The Morgan fingerprint density at radius 3 is 2.75 bits per heavy atom. The van der Waals surface area contributed by atoms with Gasteiger partial charge in [0.15, 0.2) is 11.5 Å². The van der Waals surface area contributed by atoms with E-state index >= 15 is 0 Å². The molecule has 1 aliphatic rings. The summed E-state index contributed by atoms with van der Waals surface area (Å²) in [7, 11) is 4.22. The highest BCUT2D eigenvalue weighted by Crippen LogP contribution is 2.39. The number of nitrogens with zero attached hydrogens (tertiary/aromatic N) is 1. The molecule has 0 fully saturated rings. The largest absolute Gasteiger partial charge is 0.454 e. The molecule has 0 saturated heterocycles. The summed E-state index contributed by atoms with van der Waals surface area (Å²) in [5, 5.41) is 3.52. The first kappa shape index (κ1) is 15.6. The third-order valence-corrected chi connectivity index (χ3v) is 3.75. The number of nitrogens with one attached hydrogen (secondary N) is 1. The minimum atomic E-state index is 0.247. The second-order valence-electron chi connectivity index (χ2n) is 6.32. The molecule has 112 valence electrons. The normalized spacial score (nSPS) is 14.1. The molecule has 1 aromatic carbocycles. The topological polar surface area (TPSA) is 33.7 Å². The van der Waals surface area contributed by atoms with Gasteiger partial charge in [-0.25, -0.2) is 0 Å². The lowest BCUT2D eigenvalue weighted by Crippen LogP contribution is -2.37. The Morgan fingerprint density at radius 1 is 1.30 bits per heavy atom. The highest BCUT2D eigenvalue weighted by atomic mass is 79.9. The van der Waals surface area contributed by atoms with Gasteiger partial charge in [-0.1, -0.05) is 13.8 Å². The third-order valence-electron chi connectivity index (χ3n) is 3.16. The zero-order chi connectivity index (χ0) is 14.8. The summed E-state index contributed by atoms with van der Waals surface area (Å²) in [6, 6.07) is 4.12. The molecule has 1 aliphatic heterocycles. The third kappa shape index (κ3) is 4.11. The van der Waals surface area contributed by atoms with Gasteiger partial charge in [-0.05, 0) is 53.1 Å². The lowest BCUT2D eigenvalue weighted by Gasteiger charge is -2.28. The number of fused-ring (bicyclic) bond motifs is 1. The van der Waals surface area contributed by atoms with E-state index in [2.05, 4.69) is 60.2 Å². The molecule has 0 radical (unpaired) electrons. The van der Waals surface area contributed by atoms with Crippen LogP contribution in [0.15, 0.2) is 16.6 Å². The van der Waals surface area contributed by atoms with Crippen molar-refractivity contribution >= 4 is 15.9 Å². The van der Waals surface area contributed by atoms with Crippen LogP contribution in [0.25, 0.3) is 0 Å². The Balaban J connectivity index is 1.90. The van der Waals surface area contributed by atoms with Crippen LogP contribution in [-0.2, 0) is 6.54 Å². The van der Waals surface area contributed by atoms with Gasteiger partial charge < -0.3 is 19.7 Å². The second kappa shape index (κ2) is 6.33. The molecule has 1 heterocycles. The fourth-order valence-electron chi connectivity index (χ4n) is 2.58. The van der Waals surface area contributed by atoms with E-state index in [1.165, 1.54) is 5.56 Å². The molecule has 0 amide bonds. The van der Waals surface area contributed by atoms with Crippen LogP contribution in [-0.4, -0.2) is 38.9 Å². The molecule has 1 N–H and O–H groups in total. The first-order valence-electron chi connectivity index (χ1n) is 6.81. The van der Waals surface area contributed by atoms with Crippen LogP contribution in [0.4, 0.5) is 0 Å². The molecule has 0 saturated carbocycles. The summed E-state index contributed by atoms with van der Waals surface area (Å²) >= 11 is 3.52. The first-order chi connectivity index (χ1) is 9.37. The van der Waals surface area contributed by atoms with E-state index in [0.717, 1.165) is 35.6 Å². The molecular formula is C15H23BrN2O2. The molecule has 0 bridgehead atoms. The van der Waals surface area contributed by atoms with Gasteiger partial charge in [0.1, 0.15) is 0 Å². The zero-order valence-electron chi connectivity index (χ0n) is 12.6. The molecule has 1 aromatic rings. The van der Waals surface area contributed by atoms with Crippen LogP contribution < -0.4 is 14.8 Å². The Hall–Kier alpha value is -0.780. The van der Waals surface area contributed by atoms with E-state index in [-0.39, 0.29) is 5.41 Å². The predicted molar refractivity (Wildman–Crippen MR) is 84.3 cm³/mol. The summed E-state index contributed by atoms with van der Waals surface area (Å²) in [5.41, 5.74) is 1.44. The van der Waals surface area contributed by atoms with E-state index in [4.69, 9.17) is 9.47 Å². The van der Waals surface area contributed by atoms with Crippen molar-refractivity contribution in [3.8, 4) is 11.5 Å². The van der Waals surface area contributed by atoms with Gasteiger partial charge in [-0.2, -0.15) is 0 Å². The number of halogens is 1. The van der Waals surface area contributed by atoms with Crippen molar-refractivity contribution in [3.05, 3.63) is 22.2 Å². The van der Waals surface area contributed by atoms with Crippen molar-refractivity contribution in [2.75, 3.05) is 34.0 Å². The highest BCUT2D eigenvalue weighted by molar-refractivity contribution is 9.10. The molecule has 0 aliphatic carbocycles. The van der Waals surface area contributed by atoms with E-state index in [1.54, 1.807) is 0 Å². The van der Waals surface area contributed by atoms with E-state index in [9.17, 15) is 0 Å². The summed E-state index contributed by atoms with van der Waals surface area (Å²) in [6.07, 6.45) is 0. The van der Waals surface area contributed by atoms with Gasteiger partial charge >= 0.3 is 0 Å². The SMILES string of the molecule is CN(C)CC(C)(C)CNCc1cc(Br)c2c(c1)OCO2. The smallest absolute Gasteiger partial charge is 0.231 e. The Kier molecular flexibility index (Phi) is 4.94. The second-order valence-corrected chi connectivity index (χ2v) is 7.17. The minimum Gasteiger partial charge on any atom is -0.454 e. The Bertz CT molecular complexity index is 475. The maximum absolute atomic E-state index is 5.43. The lowest BCUT2D eigenvalue weighted by atomic mass is 9.93. The first-order valence-corrected chi connectivity index (χ1v) is 7.60. The van der Waals surface area contributed by atoms with Gasteiger partial charge in [-0.15, -0.1) is 0 Å². The van der Waals surface area contributed by atoms with Crippen LogP contribution in [0.3, 0.4) is 0 Å². The molecule has 5 heteroatoms. The van der Waals surface area contributed by atoms with Gasteiger partial charge in [-0.3, -0.25) is 0 Å². The molecule has 0 aromatic heterocycles. The number of hydrogen-bond donors (Lipinski definition) is 1. The number of hydrogen-bond acceptors (Lipinski definition) is 4. The molecule has 0 atom stereocenters. The van der Waals surface area contributed by atoms with Crippen molar-refractivity contribution in [3.63, 3.8) is 0 Å². The minimum absolute atomic E-state index is 0.247. The molecule has 4 nitrogen and oxygen atoms in total. The van der Waals surface area contributed by atoms with Gasteiger partial charge in [0, 0.05) is 19.6 Å². The summed E-state index contributed by atoms with van der Waals surface area (Å²) in [4.78, 5) is 2.22. The van der Waals surface area contributed by atoms with Gasteiger partial charge in [0.05, 0.1) is 4.47 Å². The van der Waals surface area contributed by atoms with Crippen LogP contribution in [0.5, 0.6) is 11.5 Å². The predicted octanol–water partition coefficient (Wildman–Crippen LogP) is 2.86.